The molecule has 0 spiro atoms. The third kappa shape index (κ3) is 3.30. The van der Waals surface area contributed by atoms with Crippen LogP contribution in [0.15, 0.2) is 18.2 Å². The Morgan fingerprint density at radius 2 is 2.14 bits per heavy atom. The van der Waals surface area contributed by atoms with Gasteiger partial charge in [0.15, 0.2) is 9.84 Å². The number of hydrogen-bond acceptors (Lipinski definition) is 6. The van der Waals surface area contributed by atoms with Gasteiger partial charge in [0.05, 0.1) is 16.4 Å². The molecule has 1 aliphatic heterocycles. The van der Waals surface area contributed by atoms with E-state index in [-0.39, 0.29) is 28.4 Å². The highest BCUT2D eigenvalue weighted by molar-refractivity contribution is 7.91. The molecule has 1 atom stereocenters. The van der Waals surface area contributed by atoms with Crippen LogP contribution in [-0.2, 0) is 9.84 Å². The number of amides is 1. The molecule has 1 fully saturated rings. The Hall–Kier alpha value is -2.16. The number of nitro benzene ring substituents is 1. The number of benzene rings is 1. The molecule has 1 aliphatic rings. The lowest BCUT2D eigenvalue weighted by molar-refractivity contribution is -0.384. The zero-order chi connectivity index (χ0) is 15.6. The predicted octanol–water partition coefficient (Wildman–Crippen LogP) is 0.553. The number of rotatable bonds is 4. The monoisotopic (exact) mass is 313 g/mol. The van der Waals surface area contributed by atoms with Crippen LogP contribution in [0.4, 0.5) is 11.4 Å². The minimum atomic E-state index is -3.12. The summed E-state index contributed by atoms with van der Waals surface area (Å²) in [6.45, 7) is 0. The van der Waals surface area contributed by atoms with Crippen molar-refractivity contribution < 1.29 is 18.1 Å². The van der Waals surface area contributed by atoms with Crippen molar-refractivity contribution in [1.29, 1.82) is 0 Å². The summed E-state index contributed by atoms with van der Waals surface area (Å²) in [6, 6.07) is 3.87. The third-order valence-electron chi connectivity index (χ3n) is 3.30. The summed E-state index contributed by atoms with van der Waals surface area (Å²) in [5, 5.41) is 16.3. The Morgan fingerprint density at radius 1 is 1.43 bits per heavy atom. The van der Waals surface area contributed by atoms with Crippen LogP contribution in [0.2, 0.25) is 0 Å². The summed E-state index contributed by atoms with van der Waals surface area (Å²) < 4.78 is 22.7. The van der Waals surface area contributed by atoms with Crippen molar-refractivity contribution in [1.82, 2.24) is 5.32 Å². The summed E-state index contributed by atoms with van der Waals surface area (Å²) in [6.07, 6.45) is 0.327. The Bertz CT molecular complexity index is 686. The van der Waals surface area contributed by atoms with Gasteiger partial charge in [0.25, 0.3) is 5.91 Å². The quantitative estimate of drug-likeness (QED) is 0.619. The van der Waals surface area contributed by atoms with Gasteiger partial charge in [-0.05, 0) is 18.6 Å². The summed E-state index contributed by atoms with van der Waals surface area (Å²) in [5.74, 6) is -0.740. The number of nitro groups is 1. The van der Waals surface area contributed by atoms with Crippen molar-refractivity contribution in [3.8, 4) is 0 Å². The molecule has 0 aromatic heterocycles. The van der Waals surface area contributed by atoms with E-state index in [9.17, 15) is 23.3 Å². The molecular weight excluding hydrogens is 298 g/mol. The fourth-order valence-corrected chi connectivity index (χ4v) is 3.97. The maximum absolute atomic E-state index is 12.2. The molecule has 0 bridgehead atoms. The highest BCUT2D eigenvalue weighted by Gasteiger charge is 2.31. The summed E-state index contributed by atoms with van der Waals surface area (Å²) in [5.41, 5.74) is -0.179. The standard InChI is InChI=1S/C12H15N3O5S/c1-13-10-4-2-3-9(11(10)15(17)18)12(16)14-8-5-6-21(19,20)7-8/h2-4,8,13H,5-7H2,1H3,(H,14,16). The molecule has 0 saturated carbocycles. The SMILES string of the molecule is CNc1cccc(C(=O)NC2CCS(=O)(=O)C2)c1[N+](=O)[O-]. The third-order valence-corrected chi connectivity index (χ3v) is 5.07. The maximum Gasteiger partial charge on any atom is 0.305 e. The summed E-state index contributed by atoms with van der Waals surface area (Å²) >= 11 is 0. The first-order valence-electron chi connectivity index (χ1n) is 6.30. The molecule has 1 aromatic rings. The molecule has 2 rings (SSSR count). The molecule has 1 saturated heterocycles. The van der Waals surface area contributed by atoms with Gasteiger partial charge in [-0.1, -0.05) is 6.07 Å². The van der Waals surface area contributed by atoms with E-state index in [1.807, 2.05) is 0 Å². The van der Waals surface area contributed by atoms with Gasteiger partial charge in [0.1, 0.15) is 11.3 Å². The number of para-hydroxylation sites is 1. The van der Waals surface area contributed by atoms with E-state index < -0.39 is 26.7 Å². The number of nitrogens with zero attached hydrogens (tertiary/aromatic N) is 1. The minimum Gasteiger partial charge on any atom is -0.383 e. The van der Waals surface area contributed by atoms with Crippen LogP contribution in [0.3, 0.4) is 0 Å². The Labute approximate surface area is 121 Å². The summed E-state index contributed by atoms with van der Waals surface area (Å²) in [4.78, 5) is 22.7. The van der Waals surface area contributed by atoms with Gasteiger partial charge in [0.2, 0.25) is 0 Å². The van der Waals surface area contributed by atoms with E-state index in [0.717, 1.165) is 0 Å². The largest absolute Gasteiger partial charge is 0.383 e. The average Bonchev–Trinajstić information content (AvgIpc) is 2.76. The van der Waals surface area contributed by atoms with E-state index in [2.05, 4.69) is 10.6 Å². The Kier molecular flexibility index (Phi) is 4.12. The van der Waals surface area contributed by atoms with Gasteiger partial charge in [-0.2, -0.15) is 0 Å². The molecule has 114 valence electrons. The molecular formula is C12H15N3O5S. The van der Waals surface area contributed by atoms with Gasteiger partial charge in [-0.25, -0.2) is 8.42 Å². The Morgan fingerprint density at radius 3 is 2.67 bits per heavy atom. The fourth-order valence-electron chi connectivity index (χ4n) is 2.30. The van der Waals surface area contributed by atoms with Crippen LogP contribution in [-0.4, -0.2) is 43.8 Å². The number of hydrogen-bond donors (Lipinski definition) is 2. The van der Waals surface area contributed by atoms with E-state index in [1.54, 1.807) is 0 Å². The topological polar surface area (TPSA) is 118 Å². The van der Waals surface area contributed by atoms with Crippen LogP contribution < -0.4 is 10.6 Å². The van der Waals surface area contributed by atoms with Crippen molar-refractivity contribution in [3.05, 3.63) is 33.9 Å². The van der Waals surface area contributed by atoms with Crippen LogP contribution in [0.1, 0.15) is 16.8 Å². The first-order chi connectivity index (χ1) is 9.84. The second-order valence-corrected chi connectivity index (χ2v) is 7.01. The first kappa shape index (κ1) is 15.2. The molecule has 1 heterocycles. The number of carbonyl (C=O) groups is 1. The molecule has 1 aromatic carbocycles. The van der Waals surface area contributed by atoms with Gasteiger partial charge >= 0.3 is 5.69 Å². The number of anilines is 1. The zero-order valence-electron chi connectivity index (χ0n) is 11.3. The van der Waals surface area contributed by atoms with Crippen LogP contribution >= 0.6 is 0 Å². The predicted molar refractivity (Wildman–Crippen MR) is 77.2 cm³/mol. The van der Waals surface area contributed by atoms with Gasteiger partial charge in [-0.3, -0.25) is 14.9 Å². The number of sulfone groups is 1. The summed E-state index contributed by atoms with van der Waals surface area (Å²) in [7, 11) is -1.60. The lowest BCUT2D eigenvalue weighted by atomic mass is 10.1. The van der Waals surface area contributed by atoms with E-state index in [4.69, 9.17) is 0 Å². The van der Waals surface area contributed by atoms with Crippen molar-refractivity contribution in [2.24, 2.45) is 0 Å². The van der Waals surface area contributed by atoms with E-state index in [1.165, 1.54) is 25.2 Å². The fraction of sp³-hybridized carbons (Fsp3) is 0.417. The van der Waals surface area contributed by atoms with E-state index >= 15 is 0 Å². The normalized spacial score (nSPS) is 20.0. The number of nitrogens with one attached hydrogen (secondary N) is 2. The second kappa shape index (κ2) is 5.68. The van der Waals surface area contributed by atoms with Crippen LogP contribution in [0.5, 0.6) is 0 Å². The van der Waals surface area contributed by atoms with Crippen molar-refractivity contribution in [3.63, 3.8) is 0 Å². The first-order valence-corrected chi connectivity index (χ1v) is 8.12. The highest BCUT2D eigenvalue weighted by atomic mass is 32.2. The molecule has 0 aliphatic carbocycles. The van der Waals surface area contributed by atoms with Gasteiger partial charge < -0.3 is 10.6 Å². The average molecular weight is 313 g/mol. The van der Waals surface area contributed by atoms with E-state index in [0.29, 0.717) is 6.42 Å². The van der Waals surface area contributed by atoms with Crippen molar-refractivity contribution in [2.75, 3.05) is 23.9 Å². The molecule has 9 heteroatoms. The lowest BCUT2D eigenvalue weighted by Crippen LogP contribution is -2.35. The maximum atomic E-state index is 12.2. The second-order valence-electron chi connectivity index (χ2n) is 4.78. The molecule has 0 radical (unpaired) electrons. The van der Waals surface area contributed by atoms with Crippen molar-refractivity contribution in [2.45, 2.75) is 12.5 Å². The highest BCUT2D eigenvalue weighted by Crippen LogP contribution is 2.28. The molecule has 21 heavy (non-hydrogen) atoms. The molecule has 2 N–H and O–H groups in total. The van der Waals surface area contributed by atoms with Crippen LogP contribution in [0.25, 0.3) is 0 Å². The minimum absolute atomic E-state index is 0.0244. The molecule has 8 nitrogen and oxygen atoms in total. The number of carbonyl (C=O) groups excluding carboxylic acids is 1. The van der Waals surface area contributed by atoms with Gasteiger partial charge in [-0.15, -0.1) is 0 Å². The molecule has 1 unspecified atom stereocenters. The van der Waals surface area contributed by atoms with Crippen LogP contribution in [0, 0.1) is 10.1 Å². The smallest absolute Gasteiger partial charge is 0.305 e. The van der Waals surface area contributed by atoms with Gasteiger partial charge in [0, 0.05) is 13.1 Å². The lowest BCUT2D eigenvalue weighted by Gasteiger charge is -2.12. The Balaban J connectivity index is 2.26. The van der Waals surface area contributed by atoms with Crippen molar-refractivity contribution >= 4 is 27.1 Å². The molecule has 1 amide bonds. The zero-order valence-corrected chi connectivity index (χ0v) is 12.1.